The van der Waals surface area contributed by atoms with Crippen LogP contribution in [0.15, 0.2) is 77.9 Å². The number of hydrogen-bond acceptors (Lipinski definition) is 12. The van der Waals surface area contributed by atoms with E-state index in [4.69, 9.17) is 21.1 Å². The number of nitrogens with zero attached hydrogens (tertiary/aromatic N) is 5. The van der Waals surface area contributed by atoms with E-state index in [0.29, 0.717) is 23.4 Å². The van der Waals surface area contributed by atoms with E-state index in [-0.39, 0.29) is 36.1 Å². The standard InChI is InChI=1S/C34H39N7O9/c1-5-8-28-37-30(34(3,4)45)29(32(42)43)39(28)19-22-11-15-24(16-12-22)26-9-6-7-10-27(26)31(35)38-40(36)21(2)49-33(44)50-25-17-13-23(14-18-25)20-48-41(46)47/h6-7,9-18,21,45H,5,8,19-20,36H2,1-4H3,(H2,35,38)(H,42,43). The highest BCUT2D eigenvalue weighted by Crippen LogP contribution is 2.28. The number of benzene rings is 3. The minimum absolute atomic E-state index is 0.0383. The SMILES string of the molecule is CCCc1nc(C(C)(C)O)c(C(=O)O)n1Cc1ccc(-c2ccccc2/C(N)=N/N(N)C(C)OC(=O)Oc2ccc(CO[N+](=O)[O-])cc2)cc1. The van der Waals surface area contributed by atoms with Crippen molar-refractivity contribution in [2.45, 2.75) is 65.5 Å². The first-order valence-corrected chi connectivity index (χ1v) is 15.5. The van der Waals surface area contributed by atoms with Crippen molar-refractivity contribution in [2.75, 3.05) is 0 Å². The molecule has 50 heavy (non-hydrogen) atoms. The van der Waals surface area contributed by atoms with Crippen molar-refractivity contribution in [1.29, 1.82) is 0 Å². The van der Waals surface area contributed by atoms with Crippen molar-refractivity contribution < 1.29 is 39.2 Å². The molecule has 1 unspecified atom stereocenters. The number of carboxylic acids is 1. The first-order chi connectivity index (χ1) is 23.7. The Bertz CT molecular complexity index is 1850. The summed E-state index contributed by atoms with van der Waals surface area (Å²) >= 11 is 0. The zero-order valence-corrected chi connectivity index (χ0v) is 28.0. The molecule has 3 aromatic carbocycles. The van der Waals surface area contributed by atoms with Gasteiger partial charge in [0.05, 0.1) is 0 Å². The average Bonchev–Trinajstić information content (AvgIpc) is 3.43. The third-order valence-corrected chi connectivity index (χ3v) is 7.43. The van der Waals surface area contributed by atoms with Gasteiger partial charge in [0, 0.05) is 18.5 Å². The van der Waals surface area contributed by atoms with Gasteiger partial charge in [-0.25, -0.2) is 20.4 Å². The van der Waals surface area contributed by atoms with E-state index in [0.717, 1.165) is 28.2 Å². The molecule has 0 spiro atoms. The first kappa shape index (κ1) is 36.8. The molecule has 4 aromatic rings. The van der Waals surface area contributed by atoms with E-state index >= 15 is 0 Å². The van der Waals surface area contributed by atoms with Crippen LogP contribution in [0.2, 0.25) is 0 Å². The van der Waals surface area contributed by atoms with E-state index in [2.05, 4.69) is 14.9 Å². The van der Waals surface area contributed by atoms with Gasteiger partial charge in [0.1, 0.15) is 29.5 Å². The Morgan fingerprint density at radius 1 is 1.08 bits per heavy atom. The quantitative estimate of drug-likeness (QED) is 0.0196. The van der Waals surface area contributed by atoms with Gasteiger partial charge in [0.25, 0.3) is 5.09 Å². The number of aryl methyl sites for hydroxylation is 1. The molecule has 16 nitrogen and oxygen atoms in total. The van der Waals surface area contributed by atoms with E-state index in [1.165, 1.54) is 45.0 Å². The Kier molecular flexibility index (Phi) is 11.7. The molecule has 0 amide bonds. The van der Waals surface area contributed by atoms with Crippen molar-refractivity contribution in [3.8, 4) is 16.9 Å². The summed E-state index contributed by atoms with van der Waals surface area (Å²) in [6, 6.07) is 20.6. The third kappa shape index (κ3) is 9.33. The molecule has 4 rings (SSSR count). The predicted molar refractivity (Wildman–Crippen MR) is 181 cm³/mol. The van der Waals surface area contributed by atoms with E-state index in [1.54, 1.807) is 16.7 Å². The third-order valence-electron chi connectivity index (χ3n) is 7.43. The Morgan fingerprint density at radius 3 is 2.32 bits per heavy atom. The van der Waals surface area contributed by atoms with Gasteiger partial charge in [-0.1, -0.05) is 67.6 Å². The number of hydrazine groups is 1. The fourth-order valence-corrected chi connectivity index (χ4v) is 5.01. The van der Waals surface area contributed by atoms with Crippen LogP contribution in [0.3, 0.4) is 0 Å². The summed E-state index contributed by atoms with van der Waals surface area (Å²) in [6.07, 6.45) is -0.867. The summed E-state index contributed by atoms with van der Waals surface area (Å²) in [5, 5.41) is 35.2. The lowest BCUT2D eigenvalue weighted by Crippen LogP contribution is -2.40. The summed E-state index contributed by atoms with van der Waals surface area (Å²) in [7, 11) is 0. The molecule has 6 N–H and O–H groups in total. The smallest absolute Gasteiger partial charge is 0.477 e. The van der Waals surface area contributed by atoms with Crippen molar-refractivity contribution in [3.05, 3.63) is 117 Å². The lowest BCUT2D eigenvalue weighted by atomic mass is 9.98. The summed E-state index contributed by atoms with van der Waals surface area (Å²) in [5.74, 6) is 5.63. The van der Waals surface area contributed by atoms with Crippen LogP contribution in [-0.4, -0.2) is 54.2 Å². The number of carbonyl (C=O) groups excluding carboxylic acids is 1. The number of ether oxygens (including phenoxy) is 2. The lowest BCUT2D eigenvalue weighted by molar-refractivity contribution is -0.763. The van der Waals surface area contributed by atoms with Crippen molar-refractivity contribution in [3.63, 3.8) is 0 Å². The Labute approximate surface area is 287 Å². The number of nitrogens with two attached hydrogens (primary N) is 2. The highest BCUT2D eigenvalue weighted by molar-refractivity contribution is 6.03. The topological polar surface area (TPSA) is 231 Å². The fraction of sp³-hybridized carbons (Fsp3) is 0.294. The van der Waals surface area contributed by atoms with Crippen LogP contribution in [-0.2, 0) is 34.7 Å². The summed E-state index contributed by atoms with van der Waals surface area (Å²) < 4.78 is 12.0. The second kappa shape index (κ2) is 15.9. The van der Waals surface area contributed by atoms with Crippen LogP contribution in [0, 0.1) is 10.1 Å². The number of hydrogen-bond donors (Lipinski definition) is 4. The molecule has 0 radical (unpaired) electrons. The van der Waals surface area contributed by atoms with Gasteiger partial charge < -0.3 is 34.8 Å². The van der Waals surface area contributed by atoms with Crippen molar-refractivity contribution >= 4 is 18.0 Å². The summed E-state index contributed by atoms with van der Waals surface area (Å²) in [5.41, 5.74) is 8.40. The number of imidazole rings is 1. The highest BCUT2D eigenvalue weighted by Gasteiger charge is 2.31. The van der Waals surface area contributed by atoms with Gasteiger partial charge in [0.2, 0.25) is 6.23 Å². The zero-order chi connectivity index (χ0) is 36.6. The molecular weight excluding hydrogens is 650 g/mol. The van der Waals surface area contributed by atoms with Crippen molar-refractivity contribution in [2.24, 2.45) is 16.7 Å². The van der Waals surface area contributed by atoms with E-state index in [1.807, 2.05) is 43.3 Å². The summed E-state index contributed by atoms with van der Waals surface area (Å²) in [6.45, 7) is 6.45. The van der Waals surface area contributed by atoms with Gasteiger partial charge in [-0.15, -0.1) is 15.2 Å². The molecule has 0 aliphatic rings. The van der Waals surface area contributed by atoms with Gasteiger partial charge in [0.15, 0.2) is 11.5 Å². The maximum atomic E-state index is 12.3. The average molecular weight is 690 g/mol. The van der Waals surface area contributed by atoms with Gasteiger partial charge in [-0.05, 0) is 61.6 Å². The number of aromatic carboxylic acids is 1. The second-order valence-electron chi connectivity index (χ2n) is 11.7. The number of carbonyl (C=O) groups is 2. The molecule has 0 fully saturated rings. The first-order valence-electron chi connectivity index (χ1n) is 15.5. The number of aromatic nitrogens is 2. The minimum Gasteiger partial charge on any atom is -0.477 e. The minimum atomic E-state index is -1.43. The number of hydrazone groups is 1. The van der Waals surface area contributed by atoms with Crippen LogP contribution >= 0.6 is 0 Å². The molecule has 0 aliphatic carbocycles. The van der Waals surface area contributed by atoms with Gasteiger partial charge in [-0.2, -0.15) is 5.12 Å². The fourth-order valence-electron chi connectivity index (χ4n) is 5.01. The highest BCUT2D eigenvalue weighted by atomic mass is 16.9. The van der Waals surface area contributed by atoms with Crippen LogP contribution in [0.4, 0.5) is 4.79 Å². The molecule has 0 saturated heterocycles. The zero-order valence-electron chi connectivity index (χ0n) is 28.0. The number of amidine groups is 1. The summed E-state index contributed by atoms with van der Waals surface area (Å²) in [4.78, 5) is 43.8. The Morgan fingerprint density at radius 2 is 1.72 bits per heavy atom. The molecule has 1 heterocycles. The number of aliphatic hydroxyl groups is 1. The molecule has 0 bridgehead atoms. The maximum Gasteiger partial charge on any atom is 0.515 e. The van der Waals surface area contributed by atoms with Crippen LogP contribution < -0.4 is 16.3 Å². The number of rotatable bonds is 15. The van der Waals surface area contributed by atoms with E-state index in [9.17, 15) is 29.9 Å². The van der Waals surface area contributed by atoms with E-state index < -0.39 is 29.0 Å². The second-order valence-corrected chi connectivity index (χ2v) is 11.7. The monoisotopic (exact) mass is 689 g/mol. The number of carboxylic acid groups (broad SMARTS) is 1. The molecule has 0 aliphatic heterocycles. The van der Waals surface area contributed by atoms with Crippen molar-refractivity contribution in [1.82, 2.24) is 14.7 Å². The predicted octanol–water partition coefficient (Wildman–Crippen LogP) is 4.54. The molecule has 16 heteroatoms. The molecule has 264 valence electrons. The molecular formula is C34H39N7O9. The Hall–Kier alpha value is -6.00. The van der Waals surface area contributed by atoms with Gasteiger partial charge >= 0.3 is 12.1 Å². The lowest BCUT2D eigenvalue weighted by Gasteiger charge is -2.21. The molecule has 0 saturated carbocycles. The Balaban J connectivity index is 1.47. The van der Waals surface area contributed by atoms with Crippen LogP contribution in [0.5, 0.6) is 5.75 Å². The van der Waals surface area contributed by atoms with Gasteiger partial charge in [-0.3, -0.25) is 0 Å². The van der Waals surface area contributed by atoms with Crippen LogP contribution in [0.1, 0.15) is 72.8 Å². The molecule has 1 aromatic heterocycles. The maximum absolute atomic E-state index is 12.3. The normalized spacial score (nSPS) is 12.2. The van der Waals surface area contributed by atoms with Crippen LogP contribution in [0.25, 0.3) is 11.1 Å². The largest absolute Gasteiger partial charge is 0.515 e. The molecule has 1 atom stereocenters.